The smallest absolute Gasteiger partial charge is 0.243 e. The summed E-state index contributed by atoms with van der Waals surface area (Å²) in [7, 11) is -0.486. The maximum absolute atomic E-state index is 12.5. The highest BCUT2D eigenvalue weighted by molar-refractivity contribution is 7.89. The summed E-state index contributed by atoms with van der Waals surface area (Å²) in [5.41, 5.74) is 0.880. The molecule has 1 rings (SSSR count). The lowest BCUT2D eigenvalue weighted by atomic mass is 10.2. The van der Waals surface area contributed by atoms with Crippen LogP contribution in [0, 0.1) is 0 Å². The molecule has 0 radical (unpaired) electrons. The summed E-state index contributed by atoms with van der Waals surface area (Å²) in [6.07, 6.45) is 0. The number of rotatable bonds is 8. The molecule has 21 heavy (non-hydrogen) atoms. The van der Waals surface area contributed by atoms with E-state index in [2.05, 4.69) is 5.32 Å². The van der Waals surface area contributed by atoms with Gasteiger partial charge in [-0.05, 0) is 31.2 Å². The van der Waals surface area contributed by atoms with Crippen LogP contribution in [0.15, 0.2) is 23.1 Å². The van der Waals surface area contributed by atoms with Gasteiger partial charge < -0.3 is 10.1 Å². The first kappa shape index (κ1) is 18.4. The van der Waals surface area contributed by atoms with Crippen LogP contribution in [0.3, 0.4) is 0 Å². The first-order chi connectivity index (χ1) is 9.84. The van der Waals surface area contributed by atoms with Crippen LogP contribution in [-0.2, 0) is 21.3 Å². The van der Waals surface area contributed by atoms with Crippen LogP contribution in [0.1, 0.15) is 19.4 Å². The number of hydrogen-bond acceptors (Lipinski definition) is 4. The van der Waals surface area contributed by atoms with Crippen LogP contribution in [0.4, 0.5) is 0 Å². The fourth-order valence-corrected chi connectivity index (χ4v) is 3.53. The zero-order chi connectivity index (χ0) is 16.0. The molecule has 0 fully saturated rings. The second-order valence-corrected chi connectivity index (χ2v) is 7.26. The molecule has 1 N–H and O–H groups in total. The number of ether oxygens (including phenoxy) is 1. The Morgan fingerprint density at radius 1 is 1.43 bits per heavy atom. The van der Waals surface area contributed by atoms with E-state index >= 15 is 0 Å². The van der Waals surface area contributed by atoms with Gasteiger partial charge in [-0.3, -0.25) is 0 Å². The third-order valence-corrected chi connectivity index (χ3v) is 5.62. The van der Waals surface area contributed by atoms with Crippen molar-refractivity contribution in [3.63, 3.8) is 0 Å². The molecule has 0 aliphatic carbocycles. The summed E-state index contributed by atoms with van der Waals surface area (Å²) < 4.78 is 31.3. The van der Waals surface area contributed by atoms with Gasteiger partial charge in [0.1, 0.15) is 0 Å². The lowest BCUT2D eigenvalue weighted by molar-refractivity contribution is 0.149. The molecule has 0 saturated heterocycles. The molecule has 0 spiro atoms. The fraction of sp³-hybridized carbons (Fsp3) is 0.571. The molecule has 7 heteroatoms. The zero-order valence-corrected chi connectivity index (χ0v) is 14.5. The summed E-state index contributed by atoms with van der Waals surface area (Å²) >= 11 is 6.17. The van der Waals surface area contributed by atoms with Crippen molar-refractivity contribution >= 4 is 21.6 Å². The van der Waals surface area contributed by atoms with E-state index in [1.54, 1.807) is 33.2 Å². The number of hydrogen-bond donors (Lipinski definition) is 1. The molecule has 1 aromatic carbocycles. The van der Waals surface area contributed by atoms with Gasteiger partial charge in [-0.25, -0.2) is 8.42 Å². The van der Waals surface area contributed by atoms with Crippen LogP contribution in [0.5, 0.6) is 0 Å². The van der Waals surface area contributed by atoms with Crippen LogP contribution in [-0.4, -0.2) is 46.1 Å². The minimum absolute atomic E-state index is 0.193. The molecule has 0 aromatic heterocycles. The standard InChI is InChI=1S/C14H23ClN2O3S/c1-5-16-9-12-6-7-13(8-14(12)15)21(18,19)17(3)11(2)10-20-4/h6-8,11,16H,5,9-10H2,1-4H3. The third kappa shape index (κ3) is 4.66. The minimum atomic E-state index is -3.57. The molecule has 1 atom stereocenters. The highest BCUT2D eigenvalue weighted by Crippen LogP contribution is 2.23. The van der Waals surface area contributed by atoms with Crippen LogP contribution < -0.4 is 5.32 Å². The van der Waals surface area contributed by atoms with Gasteiger partial charge in [0, 0.05) is 31.8 Å². The predicted molar refractivity (Wildman–Crippen MR) is 85.1 cm³/mol. The Morgan fingerprint density at radius 3 is 2.62 bits per heavy atom. The van der Waals surface area contributed by atoms with Crippen molar-refractivity contribution in [3.05, 3.63) is 28.8 Å². The summed E-state index contributed by atoms with van der Waals surface area (Å²) in [6, 6.07) is 4.58. The van der Waals surface area contributed by atoms with Crippen molar-refractivity contribution in [1.82, 2.24) is 9.62 Å². The third-order valence-electron chi connectivity index (χ3n) is 3.30. The summed E-state index contributed by atoms with van der Waals surface area (Å²) in [4.78, 5) is 0.193. The normalized spacial score (nSPS) is 13.6. The van der Waals surface area contributed by atoms with Crippen molar-refractivity contribution in [2.24, 2.45) is 0 Å². The lowest BCUT2D eigenvalue weighted by Gasteiger charge is -2.24. The SMILES string of the molecule is CCNCc1ccc(S(=O)(=O)N(C)C(C)COC)cc1Cl. The van der Waals surface area contributed by atoms with Gasteiger partial charge in [-0.15, -0.1) is 0 Å². The number of nitrogens with zero attached hydrogens (tertiary/aromatic N) is 1. The van der Waals surface area contributed by atoms with Gasteiger partial charge >= 0.3 is 0 Å². The maximum atomic E-state index is 12.5. The number of sulfonamides is 1. The van der Waals surface area contributed by atoms with E-state index in [0.717, 1.165) is 12.1 Å². The Balaban J connectivity index is 3.01. The topological polar surface area (TPSA) is 58.6 Å². The van der Waals surface area contributed by atoms with Gasteiger partial charge in [0.25, 0.3) is 0 Å². The first-order valence-corrected chi connectivity index (χ1v) is 8.62. The molecule has 120 valence electrons. The number of methoxy groups -OCH3 is 1. The maximum Gasteiger partial charge on any atom is 0.243 e. The van der Waals surface area contributed by atoms with Crippen molar-refractivity contribution in [1.29, 1.82) is 0 Å². The Hall–Kier alpha value is -0.660. The second kappa shape index (κ2) is 8.10. The molecule has 0 bridgehead atoms. The monoisotopic (exact) mass is 334 g/mol. The Labute approximate surface area is 132 Å². The van der Waals surface area contributed by atoms with Crippen molar-refractivity contribution < 1.29 is 13.2 Å². The van der Waals surface area contributed by atoms with Crippen LogP contribution in [0.25, 0.3) is 0 Å². The molecule has 5 nitrogen and oxygen atoms in total. The van der Waals surface area contributed by atoms with Crippen molar-refractivity contribution in [2.45, 2.75) is 31.3 Å². The molecule has 0 saturated carbocycles. The van der Waals surface area contributed by atoms with Gasteiger partial charge in [0.2, 0.25) is 10.0 Å². The van der Waals surface area contributed by atoms with Gasteiger partial charge in [0.05, 0.1) is 11.5 Å². The number of likely N-dealkylation sites (N-methyl/N-ethyl adjacent to an activating group) is 1. The molecule has 1 unspecified atom stereocenters. The molecule has 0 amide bonds. The lowest BCUT2D eigenvalue weighted by Crippen LogP contribution is -2.37. The fourth-order valence-electron chi connectivity index (χ4n) is 1.84. The predicted octanol–water partition coefficient (Wildman–Crippen LogP) is 2.10. The van der Waals surface area contributed by atoms with E-state index in [1.807, 2.05) is 6.92 Å². The Morgan fingerprint density at radius 2 is 2.10 bits per heavy atom. The van der Waals surface area contributed by atoms with Gasteiger partial charge in [-0.2, -0.15) is 4.31 Å². The van der Waals surface area contributed by atoms with E-state index in [-0.39, 0.29) is 10.9 Å². The van der Waals surface area contributed by atoms with Crippen LogP contribution in [0.2, 0.25) is 5.02 Å². The summed E-state index contributed by atoms with van der Waals surface area (Å²) in [5, 5.41) is 3.61. The van der Waals surface area contributed by atoms with E-state index in [0.29, 0.717) is 18.2 Å². The zero-order valence-electron chi connectivity index (χ0n) is 12.9. The molecular formula is C14H23ClN2O3S. The van der Waals surface area contributed by atoms with E-state index in [4.69, 9.17) is 16.3 Å². The Kier molecular flexibility index (Phi) is 7.09. The van der Waals surface area contributed by atoms with Crippen molar-refractivity contribution in [2.75, 3.05) is 27.3 Å². The van der Waals surface area contributed by atoms with Gasteiger partial charge in [0.15, 0.2) is 0 Å². The highest BCUT2D eigenvalue weighted by atomic mass is 35.5. The molecule has 0 aliphatic heterocycles. The molecule has 0 aliphatic rings. The average molecular weight is 335 g/mol. The minimum Gasteiger partial charge on any atom is -0.383 e. The molecular weight excluding hydrogens is 312 g/mol. The highest BCUT2D eigenvalue weighted by Gasteiger charge is 2.25. The molecule has 0 heterocycles. The van der Waals surface area contributed by atoms with E-state index < -0.39 is 10.0 Å². The number of halogens is 1. The second-order valence-electron chi connectivity index (χ2n) is 4.86. The van der Waals surface area contributed by atoms with E-state index in [9.17, 15) is 8.42 Å². The Bertz CT molecular complexity index is 563. The van der Waals surface area contributed by atoms with Crippen LogP contribution >= 0.6 is 11.6 Å². The number of nitrogens with one attached hydrogen (secondary N) is 1. The largest absolute Gasteiger partial charge is 0.383 e. The molecule has 1 aromatic rings. The quantitative estimate of drug-likeness (QED) is 0.791. The summed E-state index contributed by atoms with van der Waals surface area (Å²) in [5.74, 6) is 0. The summed E-state index contributed by atoms with van der Waals surface area (Å²) in [6.45, 7) is 5.57. The van der Waals surface area contributed by atoms with Gasteiger partial charge in [-0.1, -0.05) is 24.6 Å². The number of benzene rings is 1. The first-order valence-electron chi connectivity index (χ1n) is 6.80. The van der Waals surface area contributed by atoms with Crippen molar-refractivity contribution in [3.8, 4) is 0 Å². The average Bonchev–Trinajstić information content (AvgIpc) is 2.45. The van der Waals surface area contributed by atoms with E-state index in [1.165, 1.54) is 10.4 Å².